The monoisotopic (exact) mass is 573 g/mol. The molecule has 0 radical (unpaired) electrons. The molecule has 1 aromatic heterocycles. The summed E-state index contributed by atoms with van der Waals surface area (Å²) in [4.78, 5) is 3.39. The highest BCUT2D eigenvalue weighted by atomic mass is 32.2. The maximum absolute atomic E-state index is 13.6. The number of sulfone groups is 1. The van der Waals surface area contributed by atoms with E-state index in [-0.39, 0.29) is 17.9 Å². The van der Waals surface area contributed by atoms with Crippen molar-refractivity contribution in [1.82, 2.24) is 4.90 Å². The van der Waals surface area contributed by atoms with Crippen LogP contribution in [0.4, 0.5) is 20.2 Å². The molecule has 39 heavy (non-hydrogen) atoms. The second kappa shape index (κ2) is 11.7. The number of hydrogen-bond donors (Lipinski definition) is 2. The topological polar surface area (TPSA) is 70.7 Å². The number of methoxy groups -OCH3 is 1. The van der Waals surface area contributed by atoms with E-state index in [0.717, 1.165) is 54.0 Å². The molecule has 2 aliphatic rings. The average molecular weight is 574 g/mol. The lowest BCUT2D eigenvalue weighted by Crippen LogP contribution is -2.40. The number of anilines is 2. The van der Waals surface area contributed by atoms with E-state index in [1.165, 1.54) is 43.4 Å². The fraction of sp³-hybridized carbons (Fsp3) is 0.448. The highest BCUT2D eigenvalue weighted by Crippen LogP contribution is 2.38. The van der Waals surface area contributed by atoms with Crippen molar-refractivity contribution < 1.29 is 21.9 Å². The van der Waals surface area contributed by atoms with Gasteiger partial charge in [0.2, 0.25) is 6.43 Å². The lowest BCUT2D eigenvalue weighted by atomic mass is 10.0. The summed E-state index contributed by atoms with van der Waals surface area (Å²) in [7, 11) is -1.89. The Morgan fingerprint density at radius 3 is 2.56 bits per heavy atom. The molecular weight excluding hydrogens is 540 g/mol. The van der Waals surface area contributed by atoms with Gasteiger partial charge in [-0.2, -0.15) is 0 Å². The van der Waals surface area contributed by atoms with Crippen LogP contribution in [0.15, 0.2) is 41.3 Å². The van der Waals surface area contributed by atoms with E-state index in [4.69, 9.17) is 4.74 Å². The van der Waals surface area contributed by atoms with Crippen molar-refractivity contribution in [3.63, 3.8) is 0 Å². The van der Waals surface area contributed by atoms with Gasteiger partial charge >= 0.3 is 0 Å². The molecule has 0 unspecified atom stereocenters. The molecule has 3 aromatic rings. The fourth-order valence-corrected chi connectivity index (χ4v) is 6.94. The van der Waals surface area contributed by atoms with Crippen molar-refractivity contribution in [3.8, 4) is 17.6 Å². The normalized spacial score (nSPS) is 16.7. The number of ether oxygens (including phenoxy) is 1. The summed E-state index contributed by atoms with van der Waals surface area (Å²) < 4.78 is 57.1. The summed E-state index contributed by atoms with van der Waals surface area (Å²) in [6.45, 7) is 2.44. The minimum atomic E-state index is -3.36. The van der Waals surface area contributed by atoms with Crippen LogP contribution in [0.3, 0.4) is 0 Å². The molecule has 2 heterocycles. The average Bonchev–Trinajstić information content (AvgIpc) is 3.70. The van der Waals surface area contributed by atoms with E-state index in [0.29, 0.717) is 27.9 Å². The van der Waals surface area contributed by atoms with Crippen molar-refractivity contribution in [2.75, 3.05) is 43.6 Å². The number of hydrogen-bond acceptors (Lipinski definition) is 7. The number of thiophene rings is 1. The number of alkyl halides is 2. The second-order valence-corrected chi connectivity index (χ2v) is 13.2. The van der Waals surface area contributed by atoms with Gasteiger partial charge in [0, 0.05) is 43.9 Å². The maximum atomic E-state index is 13.6. The summed E-state index contributed by atoms with van der Waals surface area (Å²) in [5.74, 6) is 6.54. The number of rotatable bonds is 9. The molecule has 208 valence electrons. The molecule has 0 amide bonds. The minimum absolute atomic E-state index is 0.163. The number of fused-ring (bicyclic) bond motifs is 1. The Hall–Kier alpha value is -2.87. The van der Waals surface area contributed by atoms with Gasteiger partial charge in [0.1, 0.15) is 5.75 Å². The van der Waals surface area contributed by atoms with Gasteiger partial charge in [-0.05, 0) is 54.8 Å². The smallest absolute Gasteiger partial charge is 0.242 e. The van der Waals surface area contributed by atoms with E-state index >= 15 is 0 Å². The summed E-state index contributed by atoms with van der Waals surface area (Å²) in [5.41, 5.74) is 2.17. The third-order valence-electron chi connectivity index (χ3n) is 7.30. The Bertz CT molecular complexity index is 1500. The molecule has 5 rings (SSSR count). The van der Waals surface area contributed by atoms with Gasteiger partial charge in [0.15, 0.2) is 9.84 Å². The first-order chi connectivity index (χ1) is 18.7. The fourth-order valence-electron chi connectivity index (χ4n) is 5.12. The molecule has 2 aromatic carbocycles. The predicted molar refractivity (Wildman–Crippen MR) is 154 cm³/mol. The van der Waals surface area contributed by atoms with Gasteiger partial charge < -0.3 is 20.3 Å². The minimum Gasteiger partial charge on any atom is -0.495 e. The lowest BCUT2D eigenvalue weighted by Gasteiger charge is -2.33. The zero-order valence-corrected chi connectivity index (χ0v) is 23.7. The van der Waals surface area contributed by atoms with Gasteiger partial charge in [0.05, 0.1) is 39.5 Å². The number of likely N-dealkylation sites (tertiary alicyclic amines) is 1. The molecule has 0 atom stereocenters. The first-order valence-electron chi connectivity index (χ1n) is 13.2. The molecule has 0 bridgehead atoms. The van der Waals surface area contributed by atoms with E-state index in [1.54, 1.807) is 6.07 Å². The molecule has 10 heteroatoms. The zero-order chi connectivity index (χ0) is 27.6. The largest absolute Gasteiger partial charge is 0.495 e. The zero-order valence-electron chi connectivity index (χ0n) is 22.1. The summed E-state index contributed by atoms with van der Waals surface area (Å²) in [6, 6.07) is 11.6. The molecular formula is C29H33F2N3O3S2. The van der Waals surface area contributed by atoms with Gasteiger partial charge in [0.25, 0.3) is 0 Å². The molecule has 1 aliphatic carbocycles. The third kappa shape index (κ3) is 6.65. The van der Waals surface area contributed by atoms with Crippen LogP contribution < -0.4 is 15.4 Å². The van der Waals surface area contributed by atoms with Crippen LogP contribution in [0.1, 0.15) is 36.1 Å². The van der Waals surface area contributed by atoms with Crippen LogP contribution in [0.25, 0.3) is 10.1 Å². The molecule has 2 N–H and O–H groups in total. The number of halogens is 2. The Kier molecular flexibility index (Phi) is 8.31. The lowest BCUT2D eigenvalue weighted by molar-refractivity contribution is 0.149. The Balaban J connectivity index is 1.33. The molecule has 1 aliphatic heterocycles. The van der Waals surface area contributed by atoms with Crippen molar-refractivity contribution in [2.45, 2.75) is 55.5 Å². The van der Waals surface area contributed by atoms with Gasteiger partial charge in [-0.25, -0.2) is 17.2 Å². The van der Waals surface area contributed by atoms with Crippen molar-refractivity contribution in [2.24, 2.45) is 0 Å². The molecule has 2 fully saturated rings. The van der Waals surface area contributed by atoms with Crippen LogP contribution in [0.5, 0.6) is 5.75 Å². The van der Waals surface area contributed by atoms with Crippen LogP contribution in [-0.4, -0.2) is 64.8 Å². The van der Waals surface area contributed by atoms with Crippen LogP contribution in [0.2, 0.25) is 0 Å². The number of benzene rings is 2. The predicted octanol–water partition coefficient (Wildman–Crippen LogP) is 5.62. The van der Waals surface area contributed by atoms with Crippen molar-refractivity contribution in [3.05, 3.63) is 46.8 Å². The van der Waals surface area contributed by atoms with Crippen LogP contribution in [-0.2, 0) is 16.3 Å². The van der Waals surface area contributed by atoms with Gasteiger partial charge in [-0.3, -0.25) is 0 Å². The first kappa shape index (κ1) is 27.7. The summed E-state index contributed by atoms with van der Waals surface area (Å²) in [5, 5.41) is 7.66. The molecule has 0 spiro atoms. The van der Waals surface area contributed by atoms with Crippen molar-refractivity contribution in [1.29, 1.82) is 0 Å². The standard InChI is InChI=1S/C29H33F2N3O3S2/c1-37-26-17-21(39(2,35)36)10-11-24(26)32-14-4-7-27-23(18-28(30)31)22-5-3-6-25(29(22)38-27)33-19-12-15-34(16-13-19)20-8-9-20/h3,5-6,10-11,17,19-20,28,32-33H,8-9,12-16,18H2,1-2H3. The van der Waals surface area contributed by atoms with Crippen LogP contribution in [0, 0.1) is 11.8 Å². The number of nitrogens with zero attached hydrogens (tertiary/aromatic N) is 1. The number of piperidine rings is 1. The Labute approximate surface area is 232 Å². The molecule has 6 nitrogen and oxygen atoms in total. The van der Waals surface area contributed by atoms with E-state index in [2.05, 4.69) is 27.4 Å². The molecule has 1 saturated carbocycles. The Morgan fingerprint density at radius 2 is 1.90 bits per heavy atom. The number of nitrogens with one attached hydrogen (secondary N) is 2. The van der Waals surface area contributed by atoms with E-state index < -0.39 is 16.3 Å². The van der Waals surface area contributed by atoms with Crippen molar-refractivity contribution >= 4 is 42.6 Å². The second-order valence-electron chi connectivity index (χ2n) is 10.2. The third-order valence-corrected chi connectivity index (χ3v) is 9.61. The first-order valence-corrected chi connectivity index (χ1v) is 15.9. The summed E-state index contributed by atoms with van der Waals surface area (Å²) in [6.07, 6.45) is 3.12. The van der Waals surface area contributed by atoms with Gasteiger partial charge in [-0.1, -0.05) is 24.0 Å². The Morgan fingerprint density at radius 1 is 1.13 bits per heavy atom. The van der Waals surface area contributed by atoms with E-state index in [9.17, 15) is 17.2 Å². The van der Waals surface area contributed by atoms with Crippen LogP contribution >= 0.6 is 11.3 Å². The quantitative estimate of drug-likeness (QED) is 0.324. The SMILES string of the molecule is COc1cc(S(C)(=O)=O)ccc1NCC#Cc1sc2c(NC3CCN(C4CC4)CC3)cccc2c1CC(F)F. The summed E-state index contributed by atoms with van der Waals surface area (Å²) >= 11 is 1.46. The highest BCUT2D eigenvalue weighted by Gasteiger charge is 2.32. The molecule has 1 saturated heterocycles. The highest BCUT2D eigenvalue weighted by molar-refractivity contribution is 7.90. The van der Waals surface area contributed by atoms with E-state index in [1.807, 2.05) is 18.2 Å². The van der Waals surface area contributed by atoms with Gasteiger partial charge in [-0.15, -0.1) is 11.3 Å². The maximum Gasteiger partial charge on any atom is 0.242 e.